The van der Waals surface area contributed by atoms with Crippen LogP contribution in [-0.2, 0) is 13.0 Å². The number of nitrogen functional groups attached to an aromatic ring is 1. The normalized spacial score (nSPS) is 14.8. The first-order valence-corrected chi connectivity index (χ1v) is 12.6. The Balaban J connectivity index is 1.38. The SMILES string of the molecule is Cc1cc2[nH]c(C(=O)N(Cc3ccc(-c4c(F)cncc4F)cn3)[C@@H]3CCCc4cccnc43)cc2nc1N. The van der Waals surface area contributed by atoms with Gasteiger partial charge in [0.2, 0.25) is 0 Å². The molecule has 0 aromatic carbocycles. The van der Waals surface area contributed by atoms with Gasteiger partial charge in [-0.25, -0.2) is 13.8 Å². The molecule has 5 aromatic rings. The Morgan fingerprint density at radius 2 is 1.95 bits per heavy atom. The van der Waals surface area contributed by atoms with Crippen LogP contribution in [-0.4, -0.2) is 35.7 Å². The number of aromatic amines is 1. The Hall–Kier alpha value is -4.73. The highest BCUT2D eigenvalue weighted by Crippen LogP contribution is 2.35. The van der Waals surface area contributed by atoms with Crippen molar-refractivity contribution in [3.8, 4) is 11.1 Å². The maximum atomic E-state index is 14.3. The van der Waals surface area contributed by atoms with Gasteiger partial charge in [-0.05, 0) is 61.6 Å². The van der Waals surface area contributed by atoms with Gasteiger partial charge in [0.1, 0.15) is 11.5 Å². The molecule has 5 heterocycles. The number of rotatable bonds is 5. The van der Waals surface area contributed by atoms with E-state index in [0.29, 0.717) is 22.7 Å². The van der Waals surface area contributed by atoms with Crippen molar-refractivity contribution < 1.29 is 13.6 Å². The zero-order valence-electron chi connectivity index (χ0n) is 21.2. The number of nitrogens with one attached hydrogen (secondary N) is 1. The van der Waals surface area contributed by atoms with Gasteiger partial charge in [-0.1, -0.05) is 12.1 Å². The molecule has 6 rings (SSSR count). The maximum absolute atomic E-state index is 14.3. The first kappa shape index (κ1) is 24.6. The summed E-state index contributed by atoms with van der Waals surface area (Å²) in [6.07, 6.45) is 7.62. The molecule has 1 aliphatic rings. The van der Waals surface area contributed by atoms with E-state index in [-0.39, 0.29) is 29.6 Å². The van der Waals surface area contributed by atoms with E-state index < -0.39 is 11.6 Å². The molecule has 1 aliphatic carbocycles. The molecule has 5 aromatic heterocycles. The van der Waals surface area contributed by atoms with E-state index in [2.05, 4.69) is 24.9 Å². The average molecular weight is 526 g/mol. The van der Waals surface area contributed by atoms with Crippen molar-refractivity contribution >= 4 is 22.8 Å². The molecule has 0 fully saturated rings. The van der Waals surface area contributed by atoms with E-state index in [4.69, 9.17) is 5.73 Å². The lowest BCUT2D eigenvalue weighted by atomic mass is 9.90. The van der Waals surface area contributed by atoms with Crippen molar-refractivity contribution in [1.82, 2.24) is 29.8 Å². The van der Waals surface area contributed by atoms with Gasteiger partial charge in [0.05, 0.1) is 53.0 Å². The Morgan fingerprint density at radius 3 is 2.72 bits per heavy atom. The predicted octanol–water partition coefficient (Wildman–Crippen LogP) is 5.30. The minimum absolute atomic E-state index is 0.172. The van der Waals surface area contributed by atoms with Crippen molar-refractivity contribution in [2.24, 2.45) is 0 Å². The number of halogens is 2. The molecule has 1 atom stereocenters. The van der Waals surface area contributed by atoms with Crippen LogP contribution < -0.4 is 5.73 Å². The van der Waals surface area contributed by atoms with Gasteiger partial charge in [-0.15, -0.1) is 0 Å². The van der Waals surface area contributed by atoms with Crippen LogP contribution in [0.3, 0.4) is 0 Å². The molecule has 0 unspecified atom stereocenters. The number of aryl methyl sites for hydroxylation is 2. The van der Waals surface area contributed by atoms with Crippen LogP contribution in [0.2, 0.25) is 0 Å². The summed E-state index contributed by atoms with van der Waals surface area (Å²) in [5.74, 6) is -1.36. The minimum atomic E-state index is -0.769. The van der Waals surface area contributed by atoms with Gasteiger partial charge in [0.15, 0.2) is 11.6 Å². The molecule has 0 saturated heterocycles. The first-order valence-electron chi connectivity index (χ1n) is 12.6. The molecule has 0 radical (unpaired) electrons. The molecule has 0 aliphatic heterocycles. The van der Waals surface area contributed by atoms with Gasteiger partial charge < -0.3 is 15.6 Å². The summed E-state index contributed by atoms with van der Waals surface area (Å²) >= 11 is 0. The van der Waals surface area contributed by atoms with Crippen molar-refractivity contribution in [3.63, 3.8) is 0 Å². The van der Waals surface area contributed by atoms with Crippen LogP contribution in [0, 0.1) is 18.6 Å². The lowest BCUT2D eigenvalue weighted by molar-refractivity contribution is 0.0624. The molecule has 10 heteroatoms. The number of fused-ring (bicyclic) bond motifs is 2. The molecule has 1 amide bonds. The number of anilines is 1. The molecular weight excluding hydrogens is 500 g/mol. The Bertz CT molecular complexity index is 1640. The van der Waals surface area contributed by atoms with Crippen molar-refractivity contribution in [2.45, 2.75) is 38.8 Å². The zero-order valence-corrected chi connectivity index (χ0v) is 21.2. The minimum Gasteiger partial charge on any atom is -0.383 e. The van der Waals surface area contributed by atoms with Gasteiger partial charge in [0.25, 0.3) is 5.91 Å². The highest BCUT2D eigenvalue weighted by molar-refractivity contribution is 5.97. The van der Waals surface area contributed by atoms with Gasteiger partial charge in [0, 0.05) is 18.0 Å². The third-order valence-corrected chi connectivity index (χ3v) is 7.16. The quantitative estimate of drug-likeness (QED) is 0.322. The van der Waals surface area contributed by atoms with E-state index in [1.807, 2.05) is 25.1 Å². The second-order valence-corrected chi connectivity index (χ2v) is 9.71. The largest absolute Gasteiger partial charge is 0.383 e. The van der Waals surface area contributed by atoms with Crippen LogP contribution >= 0.6 is 0 Å². The summed E-state index contributed by atoms with van der Waals surface area (Å²) in [6.45, 7) is 2.03. The van der Waals surface area contributed by atoms with Crippen LogP contribution in [0.4, 0.5) is 14.6 Å². The topological polar surface area (TPSA) is 114 Å². The Morgan fingerprint density at radius 1 is 1.13 bits per heavy atom. The van der Waals surface area contributed by atoms with Crippen molar-refractivity contribution in [2.75, 3.05) is 5.73 Å². The number of pyridine rings is 4. The molecule has 0 saturated carbocycles. The summed E-state index contributed by atoms with van der Waals surface area (Å²) in [4.78, 5) is 36.0. The fourth-order valence-corrected chi connectivity index (χ4v) is 5.18. The molecule has 3 N–H and O–H groups in total. The maximum Gasteiger partial charge on any atom is 0.271 e. The number of amides is 1. The van der Waals surface area contributed by atoms with Crippen LogP contribution in [0.5, 0.6) is 0 Å². The van der Waals surface area contributed by atoms with E-state index in [1.165, 1.54) is 6.20 Å². The molecule has 0 bridgehead atoms. The van der Waals surface area contributed by atoms with Crippen LogP contribution in [0.25, 0.3) is 22.2 Å². The molecule has 39 heavy (non-hydrogen) atoms. The highest BCUT2D eigenvalue weighted by Gasteiger charge is 2.32. The Kier molecular flexibility index (Phi) is 6.22. The van der Waals surface area contributed by atoms with Crippen molar-refractivity contribution in [1.29, 1.82) is 0 Å². The average Bonchev–Trinajstić information content (AvgIpc) is 3.34. The third-order valence-electron chi connectivity index (χ3n) is 7.16. The van der Waals surface area contributed by atoms with E-state index in [1.54, 1.807) is 29.3 Å². The smallest absolute Gasteiger partial charge is 0.271 e. The highest BCUT2D eigenvalue weighted by atomic mass is 19.1. The fourth-order valence-electron chi connectivity index (χ4n) is 5.18. The monoisotopic (exact) mass is 525 g/mol. The van der Waals surface area contributed by atoms with Crippen molar-refractivity contribution in [3.05, 3.63) is 101 Å². The molecule has 196 valence electrons. The number of hydrogen-bond donors (Lipinski definition) is 2. The van der Waals surface area contributed by atoms with E-state index in [0.717, 1.165) is 54.0 Å². The first-order chi connectivity index (χ1) is 18.9. The Labute approximate surface area is 223 Å². The second kappa shape index (κ2) is 9.86. The zero-order chi connectivity index (χ0) is 27.1. The molecule has 0 spiro atoms. The number of nitrogens with zero attached hydrogens (tertiary/aromatic N) is 5. The molecule has 8 nitrogen and oxygen atoms in total. The number of nitrogens with two attached hydrogens (primary N) is 1. The van der Waals surface area contributed by atoms with E-state index >= 15 is 0 Å². The summed E-state index contributed by atoms with van der Waals surface area (Å²) in [7, 11) is 0. The fraction of sp³-hybridized carbons (Fsp3) is 0.207. The standard InChI is InChI=1S/C29H25F2N7O/c1-16-10-22-23(37-28(16)32)11-24(36-22)29(39)38(25-6-2-4-17-5-3-9-34-27(17)25)15-19-8-7-18(12-35-19)26-20(30)13-33-14-21(26)31/h3,5,7-14,25,36H,2,4,6,15H2,1H3,(H2,32,37)/t25-/m1/s1. The number of carbonyl (C=O) groups is 1. The predicted molar refractivity (Wildman–Crippen MR) is 142 cm³/mol. The number of hydrogen-bond acceptors (Lipinski definition) is 6. The summed E-state index contributed by atoms with van der Waals surface area (Å²) in [5, 5.41) is 0. The van der Waals surface area contributed by atoms with E-state index in [9.17, 15) is 13.6 Å². The third kappa shape index (κ3) is 4.58. The summed E-state index contributed by atoms with van der Waals surface area (Å²) in [5.41, 5.74) is 11.1. The van der Waals surface area contributed by atoms with Crippen LogP contribution in [0.1, 0.15) is 51.9 Å². The lowest BCUT2D eigenvalue weighted by Crippen LogP contribution is -2.37. The number of aromatic nitrogens is 5. The van der Waals surface area contributed by atoms with Gasteiger partial charge in [-0.2, -0.15) is 0 Å². The number of carbonyl (C=O) groups excluding carboxylic acids is 1. The second-order valence-electron chi connectivity index (χ2n) is 9.71. The van der Waals surface area contributed by atoms with Gasteiger partial charge >= 0.3 is 0 Å². The summed E-state index contributed by atoms with van der Waals surface area (Å²) < 4.78 is 28.5. The summed E-state index contributed by atoms with van der Waals surface area (Å²) in [6, 6.07) is 10.5. The van der Waals surface area contributed by atoms with Crippen LogP contribution in [0.15, 0.2) is 61.2 Å². The molecular formula is C29H25F2N7O. The van der Waals surface area contributed by atoms with Gasteiger partial charge in [-0.3, -0.25) is 19.7 Å². The number of H-pyrrole nitrogens is 1. The lowest BCUT2D eigenvalue weighted by Gasteiger charge is -2.34.